The summed E-state index contributed by atoms with van der Waals surface area (Å²) in [5, 5.41) is 5.85. The second-order valence-electron chi connectivity index (χ2n) is 7.53. The molecule has 0 aliphatic heterocycles. The van der Waals surface area contributed by atoms with Gasteiger partial charge in [0.05, 0.1) is 23.7 Å². The summed E-state index contributed by atoms with van der Waals surface area (Å²) in [6.07, 6.45) is 0. The smallest absolute Gasteiger partial charge is 0.239 e. The first-order valence-corrected chi connectivity index (χ1v) is 10.7. The number of ether oxygens (including phenoxy) is 1. The number of aryl methyl sites for hydroxylation is 1. The Labute approximate surface area is 167 Å². The minimum atomic E-state index is -3.76. The van der Waals surface area contributed by atoms with Crippen LogP contribution in [0.2, 0.25) is 0 Å². The lowest BCUT2D eigenvalue weighted by molar-refractivity contribution is -0.120. The number of para-hydroxylation sites is 1. The van der Waals surface area contributed by atoms with Gasteiger partial charge in [0.15, 0.2) is 5.75 Å². The van der Waals surface area contributed by atoms with E-state index in [0.717, 1.165) is 5.56 Å². The van der Waals surface area contributed by atoms with Gasteiger partial charge in [-0.25, -0.2) is 8.42 Å². The molecule has 0 aliphatic carbocycles. The highest BCUT2D eigenvalue weighted by molar-refractivity contribution is 7.91. The molecule has 0 saturated heterocycles. The summed E-state index contributed by atoms with van der Waals surface area (Å²) in [7, 11) is -3.76. The number of rotatable bonds is 7. The monoisotopic (exact) mass is 404 g/mol. The predicted molar refractivity (Wildman–Crippen MR) is 111 cm³/mol. The van der Waals surface area contributed by atoms with Gasteiger partial charge in [0, 0.05) is 5.54 Å². The minimum Gasteiger partial charge on any atom is -0.490 e. The zero-order chi connectivity index (χ0) is 20.9. The summed E-state index contributed by atoms with van der Waals surface area (Å²) in [6.45, 7) is 9.66. The zero-order valence-electron chi connectivity index (χ0n) is 17.0. The third-order valence-corrected chi connectivity index (χ3v) is 5.64. The molecule has 7 heteroatoms. The number of benzene rings is 2. The Bertz CT molecular complexity index is 930. The van der Waals surface area contributed by atoms with Gasteiger partial charge in [-0.15, -0.1) is 0 Å². The maximum Gasteiger partial charge on any atom is 0.239 e. The fourth-order valence-electron chi connectivity index (χ4n) is 2.64. The molecule has 0 spiro atoms. The number of sulfone groups is 1. The highest BCUT2D eigenvalue weighted by Gasteiger charge is 2.24. The summed E-state index contributed by atoms with van der Waals surface area (Å²) in [6, 6.07) is 11.5. The van der Waals surface area contributed by atoms with Crippen molar-refractivity contribution in [1.82, 2.24) is 5.32 Å². The third kappa shape index (κ3) is 5.48. The van der Waals surface area contributed by atoms with Gasteiger partial charge in [0.2, 0.25) is 15.7 Å². The molecule has 2 aromatic rings. The average Bonchev–Trinajstić information content (AvgIpc) is 2.59. The largest absolute Gasteiger partial charge is 0.490 e. The van der Waals surface area contributed by atoms with E-state index in [-0.39, 0.29) is 33.5 Å². The average molecular weight is 405 g/mol. The van der Waals surface area contributed by atoms with Crippen molar-refractivity contribution in [3.05, 3.63) is 48.0 Å². The van der Waals surface area contributed by atoms with Gasteiger partial charge < -0.3 is 15.4 Å². The van der Waals surface area contributed by atoms with Crippen molar-refractivity contribution in [3.8, 4) is 5.75 Å². The Morgan fingerprint density at radius 1 is 1.07 bits per heavy atom. The molecule has 28 heavy (non-hydrogen) atoms. The van der Waals surface area contributed by atoms with Crippen LogP contribution in [0.15, 0.2) is 52.3 Å². The molecule has 0 atom stereocenters. The van der Waals surface area contributed by atoms with Crippen LogP contribution in [-0.2, 0) is 14.6 Å². The molecule has 152 valence electrons. The first kappa shape index (κ1) is 21.8. The molecule has 6 nitrogen and oxygen atoms in total. The Morgan fingerprint density at radius 3 is 2.29 bits per heavy atom. The Balaban J connectivity index is 2.37. The molecule has 1 amide bonds. The van der Waals surface area contributed by atoms with Crippen molar-refractivity contribution >= 4 is 21.4 Å². The van der Waals surface area contributed by atoms with Crippen molar-refractivity contribution in [3.63, 3.8) is 0 Å². The molecular formula is C21H28N2O4S. The second kappa shape index (κ2) is 8.65. The van der Waals surface area contributed by atoms with E-state index in [0.29, 0.717) is 12.3 Å². The molecule has 0 bridgehead atoms. The number of anilines is 1. The summed E-state index contributed by atoms with van der Waals surface area (Å²) in [5.74, 6) is 0.0240. The lowest BCUT2D eigenvalue weighted by atomic mass is 10.1. The number of carbonyl (C=O) groups excluding carboxylic acids is 1. The van der Waals surface area contributed by atoms with Gasteiger partial charge in [0.25, 0.3) is 0 Å². The van der Waals surface area contributed by atoms with Crippen molar-refractivity contribution in [1.29, 1.82) is 0 Å². The van der Waals surface area contributed by atoms with Crippen LogP contribution in [0.4, 0.5) is 5.69 Å². The molecule has 0 radical (unpaired) electrons. The van der Waals surface area contributed by atoms with Gasteiger partial charge >= 0.3 is 0 Å². The topological polar surface area (TPSA) is 84.5 Å². The highest BCUT2D eigenvalue weighted by atomic mass is 32.2. The molecule has 0 heterocycles. The van der Waals surface area contributed by atoms with Crippen molar-refractivity contribution in [2.24, 2.45) is 0 Å². The molecule has 2 N–H and O–H groups in total. The third-order valence-electron chi connectivity index (χ3n) is 3.84. The zero-order valence-corrected chi connectivity index (χ0v) is 17.8. The Kier molecular flexibility index (Phi) is 6.72. The molecule has 0 unspecified atom stereocenters. The molecular weight excluding hydrogens is 376 g/mol. The van der Waals surface area contributed by atoms with Crippen LogP contribution < -0.4 is 15.4 Å². The molecule has 0 aliphatic rings. The Hall–Kier alpha value is -2.54. The van der Waals surface area contributed by atoms with Crippen LogP contribution >= 0.6 is 0 Å². The predicted octanol–water partition coefficient (Wildman–Crippen LogP) is 3.55. The lowest BCUT2D eigenvalue weighted by Gasteiger charge is -2.21. The van der Waals surface area contributed by atoms with Crippen LogP contribution in [0.3, 0.4) is 0 Å². The van der Waals surface area contributed by atoms with E-state index in [2.05, 4.69) is 10.6 Å². The SMILES string of the molecule is CCOc1c(NCC(=O)NC(C)(C)C)cccc1S(=O)(=O)c1ccc(C)cc1. The lowest BCUT2D eigenvalue weighted by Crippen LogP contribution is -2.43. The van der Waals surface area contributed by atoms with E-state index >= 15 is 0 Å². The Morgan fingerprint density at radius 2 is 1.71 bits per heavy atom. The maximum absolute atomic E-state index is 13.1. The van der Waals surface area contributed by atoms with E-state index in [1.807, 2.05) is 27.7 Å². The quantitative estimate of drug-likeness (QED) is 0.737. The number of carbonyl (C=O) groups is 1. The second-order valence-corrected chi connectivity index (χ2v) is 9.45. The molecule has 0 aromatic heterocycles. The summed E-state index contributed by atoms with van der Waals surface area (Å²) < 4.78 is 31.9. The van der Waals surface area contributed by atoms with Gasteiger partial charge in [-0.3, -0.25) is 4.79 Å². The van der Waals surface area contributed by atoms with E-state index in [1.165, 1.54) is 6.07 Å². The van der Waals surface area contributed by atoms with Crippen LogP contribution in [0.5, 0.6) is 5.75 Å². The van der Waals surface area contributed by atoms with Crippen LogP contribution in [0.25, 0.3) is 0 Å². The van der Waals surface area contributed by atoms with Crippen LogP contribution in [-0.4, -0.2) is 33.0 Å². The van der Waals surface area contributed by atoms with Gasteiger partial charge in [-0.2, -0.15) is 0 Å². The summed E-state index contributed by atoms with van der Waals surface area (Å²) in [4.78, 5) is 12.4. The molecule has 2 aromatic carbocycles. The van der Waals surface area contributed by atoms with E-state index in [1.54, 1.807) is 43.3 Å². The molecule has 2 rings (SSSR count). The maximum atomic E-state index is 13.1. The number of nitrogens with one attached hydrogen (secondary N) is 2. The van der Waals surface area contributed by atoms with E-state index < -0.39 is 9.84 Å². The highest BCUT2D eigenvalue weighted by Crippen LogP contribution is 2.35. The summed E-state index contributed by atoms with van der Waals surface area (Å²) >= 11 is 0. The number of hydrogen-bond donors (Lipinski definition) is 2. The van der Waals surface area contributed by atoms with Crippen LogP contribution in [0.1, 0.15) is 33.3 Å². The standard InChI is InChI=1S/C21H28N2O4S/c1-6-27-20-17(22-14-19(24)23-21(3,4)5)8-7-9-18(20)28(25,26)16-12-10-15(2)11-13-16/h7-13,22H,6,14H2,1-5H3,(H,23,24). The fourth-order valence-corrected chi connectivity index (χ4v) is 4.06. The van der Waals surface area contributed by atoms with Crippen molar-refractivity contribution < 1.29 is 17.9 Å². The van der Waals surface area contributed by atoms with Crippen LogP contribution in [0, 0.1) is 6.92 Å². The van der Waals surface area contributed by atoms with Crippen molar-refractivity contribution in [2.75, 3.05) is 18.5 Å². The minimum absolute atomic E-state index is 0.00533. The molecule has 0 saturated carbocycles. The van der Waals surface area contributed by atoms with Gasteiger partial charge in [0.1, 0.15) is 4.90 Å². The van der Waals surface area contributed by atoms with E-state index in [9.17, 15) is 13.2 Å². The first-order valence-electron chi connectivity index (χ1n) is 9.17. The number of amides is 1. The van der Waals surface area contributed by atoms with E-state index in [4.69, 9.17) is 4.74 Å². The van der Waals surface area contributed by atoms with Gasteiger partial charge in [-0.1, -0.05) is 23.8 Å². The normalized spacial score (nSPS) is 11.8. The molecule has 0 fully saturated rings. The summed E-state index contributed by atoms with van der Waals surface area (Å²) in [5.41, 5.74) is 1.08. The fraction of sp³-hybridized carbons (Fsp3) is 0.381. The number of hydrogen-bond acceptors (Lipinski definition) is 5. The van der Waals surface area contributed by atoms with Crippen molar-refractivity contribution in [2.45, 2.75) is 49.9 Å². The van der Waals surface area contributed by atoms with Gasteiger partial charge in [-0.05, 0) is 58.9 Å². The first-order chi connectivity index (χ1) is 13.0.